The lowest BCUT2D eigenvalue weighted by molar-refractivity contribution is 0.848. The summed E-state index contributed by atoms with van der Waals surface area (Å²) >= 11 is 3.63. The summed E-state index contributed by atoms with van der Waals surface area (Å²) in [5.41, 5.74) is 11.0. The van der Waals surface area contributed by atoms with Crippen LogP contribution in [0.1, 0.15) is 36.9 Å². The number of nitrogens with one attached hydrogen (secondary N) is 1. The van der Waals surface area contributed by atoms with E-state index in [9.17, 15) is 0 Å². The number of aromatic nitrogens is 1. The number of nitrogen functional groups attached to an aromatic ring is 1. The minimum atomic E-state index is 0.120. The Balaban J connectivity index is 1.99. The molecule has 4 nitrogen and oxygen atoms in total. The minimum Gasteiger partial charge on any atom is -0.396 e. The summed E-state index contributed by atoms with van der Waals surface area (Å²) in [6.45, 7) is 2.12. The number of nitrogens with two attached hydrogens (primary N) is 1. The first kappa shape index (κ1) is 18.2. The van der Waals surface area contributed by atoms with Crippen LogP contribution in [0.15, 0.2) is 53.1 Å². The van der Waals surface area contributed by atoms with Gasteiger partial charge in [0.2, 0.25) is 0 Å². The molecule has 0 aliphatic rings. The molecule has 1 aromatic heterocycles. The van der Waals surface area contributed by atoms with Gasteiger partial charge in [0, 0.05) is 22.3 Å². The monoisotopic (exact) mass is 408 g/mol. The number of hydrogen-bond acceptors (Lipinski definition) is 4. The highest BCUT2D eigenvalue weighted by Gasteiger charge is 2.13. The first-order valence-corrected chi connectivity index (χ1v) is 9.44. The van der Waals surface area contributed by atoms with Crippen molar-refractivity contribution in [1.29, 1.82) is 5.26 Å². The van der Waals surface area contributed by atoms with Crippen LogP contribution in [-0.4, -0.2) is 4.98 Å². The quantitative estimate of drug-likeness (QED) is 0.520. The first-order valence-electron chi connectivity index (χ1n) is 8.65. The summed E-state index contributed by atoms with van der Waals surface area (Å²) in [6, 6.07) is 16.7. The molecule has 3 rings (SSSR count). The number of aryl methyl sites for hydroxylation is 1. The predicted molar refractivity (Wildman–Crippen MR) is 111 cm³/mol. The molecule has 2 aromatic carbocycles. The Hall–Kier alpha value is -2.58. The summed E-state index contributed by atoms with van der Waals surface area (Å²) in [7, 11) is 0. The van der Waals surface area contributed by atoms with Crippen LogP contribution in [0.3, 0.4) is 0 Å². The number of benzene rings is 2. The Bertz CT molecular complexity index is 948. The summed E-state index contributed by atoms with van der Waals surface area (Å²) < 4.78 is 1.02. The average molecular weight is 409 g/mol. The highest BCUT2D eigenvalue weighted by atomic mass is 79.9. The van der Waals surface area contributed by atoms with Gasteiger partial charge in [-0.1, -0.05) is 46.3 Å². The Morgan fingerprint density at radius 1 is 1.27 bits per heavy atom. The third kappa shape index (κ3) is 3.97. The third-order valence-electron chi connectivity index (χ3n) is 4.46. The molecule has 0 amide bonds. The second-order valence-electron chi connectivity index (χ2n) is 6.34. The highest BCUT2D eigenvalue weighted by Crippen LogP contribution is 2.34. The normalized spacial score (nSPS) is 11.9. The molecular weight excluding hydrogens is 388 g/mol. The molecule has 0 bridgehead atoms. The van der Waals surface area contributed by atoms with E-state index in [0.717, 1.165) is 39.5 Å². The van der Waals surface area contributed by atoms with Crippen molar-refractivity contribution < 1.29 is 0 Å². The van der Waals surface area contributed by atoms with Crippen LogP contribution in [-0.2, 0) is 6.42 Å². The number of halogens is 1. The maximum atomic E-state index is 8.77. The lowest BCUT2D eigenvalue weighted by atomic mass is 10.0. The summed E-state index contributed by atoms with van der Waals surface area (Å²) in [4.78, 5) is 4.47. The van der Waals surface area contributed by atoms with Crippen LogP contribution in [0.5, 0.6) is 0 Å². The summed E-state index contributed by atoms with van der Waals surface area (Å²) in [5.74, 6) is 0. The number of nitrogens with zero attached hydrogens (tertiary/aromatic N) is 2. The Labute approximate surface area is 162 Å². The molecule has 3 aromatic rings. The smallest absolute Gasteiger partial charge is 0.0743 e. The lowest BCUT2D eigenvalue weighted by Gasteiger charge is -2.19. The minimum absolute atomic E-state index is 0.120. The van der Waals surface area contributed by atoms with E-state index in [-0.39, 0.29) is 6.04 Å². The topological polar surface area (TPSA) is 74.7 Å². The van der Waals surface area contributed by atoms with Crippen LogP contribution >= 0.6 is 15.9 Å². The van der Waals surface area contributed by atoms with Gasteiger partial charge in [0.15, 0.2) is 0 Å². The number of nitriles is 1. The van der Waals surface area contributed by atoms with E-state index in [2.05, 4.69) is 57.4 Å². The van der Waals surface area contributed by atoms with Gasteiger partial charge in [-0.15, -0.1) is 0 Å². The SMILES string of the molecule is CC(Nc1c(N)cnc2cc(Br)c(CCCC#N)cc12)c1ccccc1. The van der Waals surface area contributed by atoms with E-state index < -0.39 is 0 Å². The van der Waals surface area contributed by atoms with Crippen molar-refractivity contribution in [3.05, 3.63) is 64.3 Å². The van der Waals surface area contributed by atoms with E-state index in [4.69, 9.17) is 11.0 Å². The summed E-state index contributed by atoms with van der Waals surface area (Å²) in [6.07, 6.45) is 3.92. The largest absolute Gasteiger partial charge is 0.396 e. The Morgan fingerprint density at radius 3 is 2.77 bits per heavy atom. The van der Waals surface area contributed by atoms with Gasteiger partial charge < -0.3 is 11.1 Å². The molecule has 5 heteroatoms. The van der Waals surface area contributed by atoms with E-state index in [1.54, 1.807) is 6.20 Å². The number of hydrogen-bond donors (Lipinski definition) is 2. The number of unbranched alkanes of at least 4 members (excludes halogenated alkanes) is 1. The van der Waals surface area contributed by atoms with E-state index in [0.29, 0.717) is 12.1 Å². The molecule has 0 spiro atoms. The van der Waals surface area contributed by atoms with Gasteiger partial charge in [0.25, 0.3) is 0 Å². The molecule has 1 atom stereocenters. The predicted octanol–water partition coefficient (Wildman–Crippen LogP) is 5.60. The molecule has 132 valence electrons. The zero-order valence-corrected chi connectivity index (χ0v) is 16.3. The molecular formula is C21H21BrN4. The van der Waals surface area contributed by atoms with Gasteiger partial charge in [0.05, 0.1) is 29.2 Å². The fourth-order valence-corrected chi connectivity index (χ4v) is 3.56. The Morgan fingerprint density at radius 2 is 2.04 bits per heavy atom. The molecule has 3 N–H and O–H groups in total. The number of pyridine rings is 1. The van der Waals surface area contributed by atoms with Gasteiger partial charge in [0.1, 0.15) is 0 Å². The molecule has 0 aliphatic carbocycles. The van der Waals surface area contributed by atoms with Crippen molar-refractivity contribution in [2.24, 2.45) is 0 Å². The van der Waals surface area contributed by atoms with E-state index in [1.807, 2.05) is 24.3 Å². The number of fused-ring (bicyclic) bond motifs is 1. The van der Waals surface area contributed by atoms with E-state index >= 15 is 0 Å². The molecule has 1 heterocycles. The van der Waals surface area contributed by atoms with Crippen molar-refractivity contribution in [1.82, 2.24) is 4.98 Å². The van der Waals surface area contributed by atoms with Crippen LogP contribution in [0.2, 0.25) is 0 Å². The summed E-state index contributed by atoms with van der Waals surface area (Å²) in [5, 5.41) is 13.3. The van der Waals surface area contributed by atoms with Gasteiger partial charge in [-0.05, 0) is 43.0 Å². The lowest BCUT2D eigenvalue weighted by Crippen LogP contribution is -2.09. The highest BCUT2D eigenvalue weighted by molar-refractivity contribution is 9.10. The zero-order chi connectivity index (χ0) is 18.5. The van der Waals surface area contributed by atoms with Crippen molar-refractivity contribution >= 4 is 38.2 Å². The maximum absolute atomic E-state index is 8.77. The van der Waals surface area contributed by atoms with E-state index in [1.165, 1.54) is 5.56 Å². The van der Waals surface area contributed by atoms with Gasteiger partial charge in [-0.3, -0.25) is 4.98 Å². The van der Waals surface area contributed by atoms with Crippen LogP contribution in [0.25, 0.3) is 10.9 Å². The Kier molecular flexibility index (Phi) is 5.75. The first-order chi connectivity index (χ1) is 12.6. The second-order valence-corrected chi connectivity index (χ2v) is 7.19. The fourth-order valence-electron chi connectivity index (χ4n) is 3.03. The maximum Gasteiger partial charge on any atom is 0.0743 e. The number of rotatable bonds is 6. The van der Waals surface area contributed by atoms with Crippen LogP contribution < -0.4 is 11.1 Å². The fraction of sp³-hybridized carbons (Fsp3) is 0.238. The van der Waals surface area contributed by atoms with Crippen molar-refractivity contribution in [3.63, 3.8) is 0 Å². The molecule has 0 saturated heterocycles. The molecule has 0 fully saturated rings. The molecule has 0 radical (unpaired) electrons. The van der Waals surface area contributed by atoms with Crippen molar-refractivity contribution in [2.45, 2.75) is 32.2 Å². The van der Waals surface area contributed by atoms with Gasteiger partial charge >= 0.3 is 0 Å². The van der Waals surface area contributed by atoms with Gasteiger partial charge in [-0.2, -0.15) is 5.26 Å². The van der Waals surface area contributed by atoms with Crippen LogP contribution in [0.4, 0.5) is 11.4 Å². The van der Waals surface area contributed by atoms with Gasteiger partial charge in [-0.25, -0.2) is 0 Å². The third-order valence-corrected chi connectivity index (χ3v) is 5.20. The zero-order valence-electron chi connectivity index (χ0n) is 14.7. The second kappa shape index (κ2) is 8.20. The molecule has 1 unspecified atom stereocenters. The molecule has 0 aliphatic heterocycles. The molecule has 26 heavy (non-hydrogen) atoms. The standard InChI is InChI=1S/C21H21BrN4/c1-14(15-7-3-2-4-8-15)26-21-17-11-16(9-5-6-10-23)18(22)12-20(17)25-13-19(21)24/h2-4,7-8,11-14H,5-6,9,24H2,1H3,(H,25,26). The number of anilines is 2. The van der Waals surface area contributed by atoms with Crippen molar-refractivity contribution in [3.8, 4) is 6.07 Å². The van der Waals surface area contributed by atoms with Crippen LogP contribution in [0, 0.1) is 11.3 Å². The average Bonchev–Trinajstić information content (AvgIpc) is 2.65. The van der Waals surface area contributed by atoms with Crippen molar-refractivity contribution in [2.75, 3.05) is 11.1 Å². The molecule has 0 saturated carbocycles.